The van der Waals surface area contributed by atoms with E-state index in [4.69, 9.17) is 5.73 Å². The molecule has 0 aromatic heterocycles. The highest BCUT2D eigenvalue weighted by atomic mass is 16.3. The van der Waals surface area contributed by atoms with E-state index in [0.29, 0.717) is 17.7 Å². The second-order valence-electron chi connectivity index (χ2n) is 7.64. The lowest BCUT2D eigenvalue weighted by molar-refractivity contribution is 0.0963. The molecule has 5 nitrogen and oxygen atoms in total. The fourth-order valence-electron chi connectivity index (χ4n) is 3.95. The van der Waals surface area contributed by atoms with E-state index in [0.717, 1.165) is 16.3 Å². The van der Waals surface area contributed by atoms with Crippen molar-refractivity contribution in [2.45, 2.75) is 12.5 Å². The number of carbonyl (C=O) groups excluding carboxylic acids is 2. The van der Waals surface area contributed by atoms with Crippen LogP contribution in [0.3, 0.4) is 0 Å². The molecule has 2 amide bonds. The monoisotopic (exact) mass is 424 g/mol. The minimum Gasteiger partial charge on any atom is -0.394 e. The molecule has 0 aliphatic heterocycles. The van der Waals surface area contributed by atoms with Crippen LogP contribution in [0.4, 0.5) is 5.69 Å². The van der Waals surface area contributed by atoms with Gasteiger partial charge in [-0.25, -0.2) is 0 Å². The molecule has 4 rings (SSSR count). The van der Waals surface area contributed by atoms with E-state index in [1.165, 1.54) is 4.90 Å². The van der Waals surface area contributed by atoms with Crippen LogP contribution in [-0.2, 0) is 6.42 Å². The molecular weight excluding hydrogens is 400 g/mol. The molecule has 0 aliphatic carbocycles. The van der Waals surface area contributed by atoms with E-state index in [-0.39, 0.29) is 18.1 Å². The summed E-state index contributed by atoms with van der Waals surface area (Å²) in [5.74, 6) is -0.937. The molecule has 3 N–H and O–H groups in total. The van der Waals surface area contributed by atoms with Crippen LogP contribution in [0.1, 0.15) is 26.3 Å². The summed E-state index contributed by atoms with van der Waals surface area (Å²) >= 11 is 0. The van der Waals surface area contributed by atoms with Gasteiger partial charge < -0.3 is 15.7 Å². The first kappa shape index (κ1) is 21.3. The van der Waals surface area contributed by atoms with Crippen molar-refractivity contribution < 1.29 is 14.7 Å². The molecule has 5 heteroatoms. The quantitative estimate of drug-likeness (QED) is 0.467. The highest BCUT2D eigenvalue weighted by molar-refractivity contribution is 6.11. The summed E-state index contributed by atoms with van der Waals surface area (Å²) in [6.45, 7) is -0.276. The van der Waals surface area contributed by atoms with Gasteiger partial charge >= 0.3 is 0 Å². The van der Waals surface area contributed by atoms with Gasteiger partial charge in [0.05, 0.1) is 23.9 Å². The predicted octanol–water partition coefficient (Wildman–Crippen LogP) is 4.19. The van der Waals surface area contributed by atoms with Gasteiger partial charge in [0.2, 0.25) is 0 Å². The number of anilines is 1. The third-order valence-electron chi connectivity index (χ3n) is 5.53. The van der Waals surface area contributed by atoms with Crippen molar-refractivity contribution in [1.29, 1.82) is 0 Å². The molecule has 1 atom stereocenters. The van der Waals surface area contributed by atoms with Crippen molar-refractivity contribution in [3.63, 3.8) is 0 Å². The molecule has 160 valence electrons. The number of amides is 2. The van der Waals surface area contributed by atoms with Crippen molar-refractivity contribution in [2.75, 3.05) is 11.5 Å². The van der Waals surface area contributed by atoms with Crippen molar-refractivity contribution in [3.8, 4) is 0 Å². The number of rotatable bonds is 7. The average molecular weight is 425 g/mol. The first-order valence-electron chi connectivity index (χ1n) is 10.4. The molecule has 0 heterocycles. The van der Waals surface area contributed by atoms with E-state index >= 15 is 0 Å². The molecule has 0 radical (unpaired) electrons. The Morgan fingerprint density at radius 3 is 2.19 bits per heavy atom. The van der Waals surface area contributed by atoms with Gasteiger partial charge in [0.25, 0.3) is 11.8 Å². The Morgan fingerprint density at radius 1 is 0.812 bits per heavy atom. The second-order valence-corrected chi connectivity index (χ2v) is 7.64. The number of hydrogen-bond acceptors (Lipinski definition) is 3. The second kappa shape index (κ2) is 9.45. The summed E-state index contributed by atoms with van der Waals surface area (Å²) < 4.78 is 0. The van der Waals surface area contributed by atoms with Crippen LogP contribution in [-0.4, -0.2) is 29.6 Å². The van der Waals surface area contributed by atoms with E-state index in [1.54, 1.807) is 30.3 Å². The number of nitrogens with two attached hydrogens (primary N) is 1. The molecule has 0 spiro atoms. The summed E-state index contributed by atoms with van der Waals surface area (Å²) in [6.07, 6.45) is 0.420. The van der Waals surface area contributed by atoms with Gasteiger partial charge in [-0.2, -0.15) is 0 Å². The maximum Gasteiger partial charge on any atom is 0.258 e. The van der Waals surface area contributed by atoms with Crippen LogP contribution in [0.5, 0.6) is 0 Å². The minimum atomic E-state index is -0.631. The molecule has 0 saturated carbocycles. The SMILES string of the molecule is NC(=O)c1ccccc1N(C(=O)c1ccc2ccccc2c1)[C@H](CO)Cc1ccccc1. The average Bonchev–Trinajstić information content (AvgIpc) is 2.84. The number of primary amides is 1. The van der Waals surface area contributed by atoms with Crippen molar-refractivity contribution in [1.82, 2.24) is 0 Å². The Hall–Kier alpha value is -3.96. The first-order valence-corrected chi connectivity index (χ1v) is 10.4. The number of carbonyl (C=O) groups is 2. The van der Waals surface area contributed by atoms with Gasteiger partial charge in [0.1, 0.15) is 0 Å². The van der Waals surface area contributed by atoms with Gasteiger partial charge in [-0.1, -0.05) is 72.8 Å². The molecule has 0 saturated heterocycles. The Morgan fingerprint density at radius 2 is 1.47 bits per heavy atom. The van der Waals surface area contributed by atoms with Crippen LogP contribution < -0.4 is 10.6 Å². The van der Waals surface area contributed by atoms with Gasteiger partial charge in [0.15, 0.2) is 0 Å². The number of nitrogens with zero attached hydrogens (tertiary/aromatic N) is 1. The standard InChI is InChI=1S/C27H24N2O3/c28-26(31)24-12-6-7-13-25(24)29(23(18-30)16-19-8-2-1-3-9-19)27(32)22-15-14-20-10-4-5-11-21(20)17-22/h1-15,17,23,30H,16,18H2,(H2,28,31)/t23-/m0/s1. The number of aliphatic hydroxyl groups is 1. The molecule has 4 aromatic carbocycles. The van der Waals surface area contributed by atoms with E-state index < -0.39 is 11.9 Å². The van der Waals surface area contributed by atoms with Crippen LogP contribution in [0.15, 0.2) is 97.1 Å². The lowest BCUT2D eigenvalue weighted by Gasteiger charge is -2.32. The van der Waals surface area contributed by atoms with Crippen molar-refractivity contribution in [3.05, 3.63) is 114 Å². The van der Waals surface area contributed by atoms with Gasteiger partial charge in [-0.05, 0) is 47.0 Å². The first-order chi connectivity index (χ1) is 15.6. The number of aliphatic hydroxyl groups excluding tert-OH is 1. The Kier molecular flexibility index (Phi) is 6.29. The number of benzene rings is 4. The van der Waals surface area contributed by atoms with Crippen LogP contribution in [0.25, 0.3) is 10.8 Å². The highest BCUT2D eigenvalue weighted by Gasteiger charge is 2.29. The summed E-state index contributed by atoms with van der Waals surface area (Å²) in [7, 11) is 0. The molecule has 4 aromatic rings. The Bertz CT molecular complexity index is 1250. The topological polar surface area (TPSA) is 83.6 Å². The van der Waals surface area contributed by atoms with E-state index in [2.05, 4.69) is 0 Å². The summed E-state index contributed by atoms with van der Waals surface area (Å²) in [5, 5.41) is 12.3. The fourth-order valence-corrected chi connectivity index (χ4v) is 3.95. The van der Waals surface area contributed by atoms with Gasteiger partial charge in [0, 0.05) is 5.56 Å². The molecule has 0 bridgehead atoms. The molecule has 32 heavy (non-hydrogen) atoms. The number of fused-ring (bicyclic) bond motifs is 1. The molecule has 0 unspecified atom stereocenters. The lowest BCUT2D eigenvalue weighted by Crippen LogP contribution is -2.45. The maximum absolute atomic E-state index is 13.8. The Balaban J connectivity index is 1.82. The minimum absolute atomic E-state index is 0.230. The number of para-hydroxylation sites is 1. The highest BCUT2D eigenvalue weighted by Crippen LogP contribution is 2.27. The van der Waals surface area contributed by atoms with E-state index in [1.807, 2.05) is 66.7 Å². The third kappa shape index (κ3) is 4.38. The van der Waals surface area contributed by atoms with Gasteiger partial charge in [-0.15, -0.1) is 0 Å². The number of hydrogen-bond donors (Lipinski definition) is 2. The van der Waals surface area contributed by atoms with Crippen LogP contribution in [0.2, 0.25) is 0 Å². The maximum atomic E-state index is 13.8. The lowest BCUT2D eigenvalue weighted by atomic mass is 10.0. The summed E-state index contributed by atoms with van der Waals surface area (Å²) in [4.78, 5) is 27.5. The van der Waals surface area contributed by atoms with Crippen molar-refractivity contribution in [2.24, 2.45) is 5.73 Å². The molecule has 0 aliphatic rings. The molecular formula is C27H24N2O3. The third-order valence-corrected chi connectivity index (χ3v) is 5.53. The van der Waals surface area contributed by atoms with Crippen LogP contribution in [0, 0.1) is 0 Å². The van der Waals surface area contributed by atoms with E-state index in [9.17, 15) is 14.7 Å². The molecule has 0 fully saturated rings. The zero-order valence-corrected chi connectivity index (χ0v) is 17.5. The van der Waals surface area contributed by atoms with Crippen molar-refractivity contribution >= 4 is 28.3 Å². The fraction of sp³-hybridized carbons (Fsp3) is 0.111. The Labute approximate surface area is 186 Å². The van der Waals surface area contributed by atoms with Crippen LogP contribution >= 0.6 is 0 Å². The van der Waals surface area contributed by atoms with Gasteiger partial charge in [-0.3, -0.25) is 9.59 Å². The normalized spacial score (nSPS) is 11.8. The smallest absolute Gasteiger partial charge is 0.258 e. The zero-order chi connectivity index (χ0) is 22.5. The zero-order valence-electron chi connectivity index (χ0n) is 17.5. The summed E-state index contributed by atoms with van der Waals surface area (Å²) in [5.41, 5.74) is 7.67. The summed E-state index contributed by atoms with van der Waals surface area (Å²) in [6, 6.07) is 29.1. The largest absolute Gasteiger partial charge is 0.394 e. The predicted molar refractivity (Wildman–Crippen MR) is 127 cm³/mol.